The van der Waals surface area contributed by atoms with Crippen molar-refractivity contribution in [2.24, 2.45) is 0 Å². The van der Waals surface area contributed by atoms with Gasteiger partial charge < -0.3 is 9.13 Å². The van der Waals surface area contributed by atoms with Crippen LogP contribution in [0.4, 0.5) is 0 Å². The molecule has 10 aromatic carbocycles. The summed E-state index contributed by atoms with van der Waals surface area (Å²) >= 11 is 0. The minimum absolute atomic E-state index is 0.701. The first-order valence-electron chi connectivity index (χ1n) is 21.8. The van der Waals surface area contributed by atoms with Gasteiger partial charge in [-0.15, -0.1) is 0 Å². The van der Waals surface area contributed by atoms with Crippen LogP contribution in [-0.4, -0.2) is 19.1 Å². The van der Waals surface area contributed by atoms with Crippen molar-refractivity contribution < 1.29 is 0 Å². The van der Waals surface area contributed by atoms with Gasteiger partial charge in [-0.2, -0.15) is 0 Å². The van der Waals surface area contributed by atoms with Gasteiger partial charge in [-0.05, 0) is 112 Å². The molecule has 0 saturated heterocycles. The molecule has 13 rings (SSSR count). The Balaban J connectivity index is 0.905. The molecule has 0 amide bonds. The number of nitrogens with zero attached hydrogens (tertiary/aromatic N) is 4. The summed E-state index contributed by atoms with van der Waals surface area (Å²) in [6.45, 7) is 0. The number of aromatic nitrogens is 4. The maximum Gasteiger partial charge on any atom is 0.160 e. The molecule has 0 bridgehead atoms. The summed E-state index contributed by atoms with van der Waals surface area (Å²) in [7, 11) is 0. The van der Waals surface area contributed by atoms with Crippen LogP contribution in [0.3, 0.4) is 0 Å². The smallest absolute Gasteiger partial charge is 0.160 e. The number of benzene rings is 10. The molecule has 0 atom stereocenters. The fourth-order valence-corrected chi connectivity index (χ4v) is 9.89. The van der Waals surface area contributed by atoms with Crippen LogP contribution in [0.25, 0.3) is 122 Å². The quantitative estimate of drug-likeness (QED) is 0.157. The molecule has 0 spiro atoms. The van der Waals surface area contributed by atoms with Gasteiger partial charge in [0.1, 0.15) is 0 Å². The average Bonchev–Trinajstić information content (AvgIpc) is 3.89. The summed E-state index contributed by atoms with van der Waals surface area (Å²) < 4.78 is 4.75. The zero-order valence-corrected chi connectivity index (χ0v) is 34.7. The van der Waals surface area contributed by atoms with E-state index in [0.29, 0.717) is 5.82 Å². The van der Waals surface area contributed by atoms with Crippen LogP contribution in [-0.2, 0) is 0 Å². The fraction of sp³-hybridized carbons (Fsp3) is 0. The first-order chi connectivity index (χ1) is 31.7. The van der Waals surface area contributed by atoms with Crippen molar-refractivity contribution in [1.82, 2.24) is 19.1 Å². The number of rotatable bonds is 6. The Labute approximate surface area is 369 Å². The van der Waals surface area contributed by atoms with E-state index >= 15 is 0 Å². The summed E-state index contributed by atoms with van der Waals surface area (Å²) in [4.78, 5) is 10.6. The molecule has 4 heteroatoms. The molecule has 4 nitrogen and oxygen atoms in total. The van der Waals surface area contributed by atoms with Gasteiger partial charge in [0.05, 0.1) is 33.3 Å². The Morgan fingerprint density at radius 1 is 0.281 bits per heavy atom. The van der Waals surface area contributed by atoms with Crippen molar-refractivity contribution in [2.45, 2.75) is 0 Å². The molecule has 3 aromatic heterocycles. The van der Waals surface area contributed by atoms with Gasteiger partial charge in [0, 0.05) is 49.4 Å². The lowest BCUT2D eigenvalue weighted by Crippen LogP contribution is -1.97. The van der Waals surface area contributed by atoms with Gasteiger partial charge in [0.15, 0.2) is 5.82 Å². The summed E-state index contributed by atoms with van der Waals surface area (Å²) in [6, 6.07) is 82.7. The number of fused-ring (bicyclic) bond motifs is 9. The zero-order chi connectivity index (χ0) is 42.1. The molecule has 0 aliphatic rings. The van der Waals surface area contributed by atoms with Crippen molar-refractivity contribution in [3.05, 3.63) is 231 Å². The molecule has 0 fully saturated rings. The van der Waals surface area contributed by atoms with E-state index in [9.17, 15) is 0 Å². The Bertz CT molecular complexity index is 3920. The SMILES string of the molecule is c1ccc(-c2ccc(-c3nc(-c4ccc(-n5c6ccccc6c6cc(-c7ccc8c(c7)c7ccccc7n8-c7ccccc7)ccc65)cc4)nc4ccc5ccccc5c34)cc2)cc1. The summed E-state index contributed by atoms with van der Waals surface area (Å²) in [6.07, 6.45) is 0. The van der Waals surface area contributed by atoms with E-state index in [2.05, 4.69) is 240 Å². The maximum atomic E-state index is 5.36. The molecule has 3 heterocycles. The highest BCUT2D eigenvalue weighted by Crippen LogP contribution is 2.40. The van der Waals surface area contributed by atoms with Crippen molar-refractivity contribution in [3.8, 4) is 56.3 Å². The third-order valence-electron chi connectivity index (χ3n) is 12.9. The lowest BCUT2D eigenvalue weighted by molar-refractivity contribution is 1.17. The summed E-state index contributed by atoms with van der Waals surface area (Å²) in [5.41, 5.74) is 15.6. The third kappa shape index (κ3) is 5.77. The standard InChI is InChI=1S/C60H38N4/c1-3-13-39(14-4-1)40-23-25-42(26-24-40)59-58-48-18-8-7-15-41(48)29-34-53(58)61-60(62-59)43-27-32-47(33-28-43)64-55-22-12-10-20-50(55)52-38-45(31-36-57(52)64)44-30-35-56-51(37-44)49-19-9-11-21-54(49)63(56)46-16-5-2-6-17-46/h1-38H. The molecular formula is C60H38N4. The minimum atomic E-state index is 0.701. The molecule has 64 heavy (non-hydrogen) atoms. The van der Waals surface area contributed by atoms with Crippen LogP contribution in [0, 0.1) is 0 Å². The van der Waals surface area contributed by atoms with Crippen LogP contribution >= 0.6 is 0 Å². The average molecular weight is 815 g/mol. The van der Waals surface area contributed by atoms with Crippen LogP contribution in [0.15, 0.2) is 231 Å². The van der Waals surface area contributed by atoms with E-state index in [1.807, 2.05) is 0 Å². The summed E-state index contributed by atoms with van der Waals surface area (Å²) in [5, 5.41) is 8.32. The predicted molar refractivity (Wildman–Crippen MR) is 267 cm³/mol. The topological polar surface area (TPSA) is 35.6 Å². The Morgan fingerprint density at radius 2 is 0.750 bits per heavy atom. The van der Waals surface area contributed by atoms with E-state index < -0.39 is 0 Å². The number of para-hydroxylation sites is 3. The van der Waals surface area contributed by atoms with E-state index in [1.165, 1.54) is 65.7 Å². The molecule has 0 aliphatic carbocycles. The van der Waals surface area contributed by atoms with Crippen LogP contribution in [0.1, 0.15) is 0 Å². The molecule has 0 aliphatic heterocycles. The van der Waals surface area contributed by atoms with E-state index in [-0.39, 0.29) is 0 Å². The third-order valence-corrected chi connectivity index (χ3v) is 12.9. The number of hydrogen-bond donors (Lipinski definition) is 0. The second-order valence-corrected chi connectivity index (χ2v) is 16.6. The number of hydrogen-bond acceptors (Lipinski definition) is 2. The second kappa shape index (κ2) is 14.5. The monoisotopic (exact) mass is 814 g/mol. The maximum absolute atomic E-state index is 5.36. The predicted octanol–water partition coefficient (Wildman–Crippen LogP) is 15.6. The molecule has 13 aromatic rings. The van der Waals surface area contributed by atoms with E-state index in [0.717, 1.165) is 50.0 Å². The van der Waals surface area contributed by atoms with Crippen LogP contribution < -0.4 is 0 Å². The van der Waals surface area contributed by atoms with E-state index in [1.54, 1.807) is 0 Å². The first-order valence-corrected chi connectivity index (χ1v) is 21.8. The van der Waals surface area contributed by atoms with Crippen LogP contribution in [0.5, 0.6) is 0 Å². The van der Waals surface area contributed by atoms with Gasteiger partial charge in [-0.25, -0.2) is 9.97 Å². The Hall–Kier alpha value is -8.60. The van der Waals surface area contributed by atoms with Gasteiger partial charge in [-0.1, -0.05) is 152 Å². The van der Waals surface area contributed by atoms with Gasteiger partial charge in [-0.3, -0.25) is 0 Å². The second-order valence-electron chi connectivity index (χ2n) is 16.6. The molecule has 0 N–H and O–H groups in total. The van der Waals surface area contributed by atoms with Gasteiger partial charge in [0.2, 0.25) is 0 Å². The van der Waals surface area contributed by atoms with Gasteiger partial charge >= 0.3 is 0 Å². The van der Waals surface area contributed by atoms with Crippen molar-refractivity contribution in [2.75, 3.05) is 0 Å². The largest absolute Gasteiger partial charge is 0.309 e. The summed E-state index contributed by atoms with van der Waals surface area (Å²) in [5.74, 6) is 0.701. The van der Waals surface area contributed by atoms with Crippen LogP contribution in [0.2, 0.25) is 0 Å². The molecule has 0 radical (unpaired) electrons. The normalized spacial score (nSPS) is 11.8. The lowest BCUT2D eigenvalue weighted by Gasteiger charge is -2.13. The zero-order valence-electron chi connectivity index (χ0n) is 34.7. The highest BCUT2D eigenvalue weighted by Gasteiger charge is 2.18. The highest BCUT2D eigenvalue weighted by molar-refractivity contribution is 6.14. The highest BCUT2D eigenvalue weighted by atomic mass is 15.0. The minimum Gasteiger partial charge on any atom is -0.309 e. The molecule has 0 saturated carbocycles. The lowest BCUT2D eigenvalue weighted by atomic mass is 9.98. The first kappa shape index (κ1) is 36.1. The Kier molecular flexibility index (Phi) is 8.18. The molecule has 298 valence electrons. The molecule has 0 unspecified atom stereocenters. The molecular weight excluding hydrogens is 777 g/mol. The fourth-order valence-electron chi connectivity index (χ4n) is 9.89. The van der Waals surface area contributed by atoms with E-state index in [4.69, 9.17) is 9.97 Å². The van der Waals surface area contributed by atoms with Crippen molar-refractivity contribution in [1.29, 1.82) is 0 Å². The van der Waals surface area contributed by atoms with Crippen molar-refractivity contribution in [3.63, 3.8) is 0 Å². The Morgan fingerprint density at radius 3 is 1.39 bits per heavy atom. The van der Waals surface area contributed by atoms with Crippen molar-refractivity contribution >= 4 is 65.3 Å². The van der Waals surface area contributed by atoms with Gasteiger partial charge in [0.25, 0.3) is 0 Å².